The van der Waals surface area contributed by atoms with Gasteiger partial charge in [-0.1, -0.05) is 17.7 Å². The Kier molecular flexibility index (Phi) is 7.04. The zero-order valence-electron chi connectivity index (χ0n) is 19.7. The number of amides is 1. The molecule has 1 aliphatic heterocycles. The summed E-state index contributed by atoms with van der Waals surface area (Å²) in [5.41, 5.74) is 1.64. The number of hydrogen-bond donors (Lipinski definition) is 3. The fourth-order valence-electron chi connectivity index (χ4n) is 5.16. The number of aromatic nitrogens is 2. The van der Waals surface area contributed by atoms with E-state index in [2.05, 4.69) is 25.5 Å². The van der Waals surface area contributed by atoms with Crippen LogP contribution in [-0.2, 0) is 4.79 Å². The first-order valence-electron chi connectivity index (χ1n) is 11.8. The Hall–Kier alpha value is -3.27. The first kappa shape index (κ1) is 24.4. The van der Waals surface area contributed by atoms with Gasteiger partial charge in [-0.2, -0.15) is 0 Å². The van der Waals surface area contributed by atoms with Crippen molar-refractivity contribution >= 4 is 45.6 Å². The largest absolute Gasteiger partial charge is 0.494 e. The minimum atomic E-state index is -0.510. The van der Waals surface area contributed by atoms with Crippen LogP contribution in [0.4, 0.5) is 21.6 Å². The van der Waals surface area contributed by atoms with Gasteiger partial charge in [-0.25, -0.2) is 14.4 Å². The summed E-state index contributed by atoms with van der Waals surface area (Å²) in [4.78, 5) is 23.6. The van der Waals surface area contributed by atoms with Gasteiger partial charge in [0, 0.05) is 42.9 Å². The van der Waals surface area contributed by atoms with Gasteiger partial charge < -0.3 is 20.5 Å². The number of carbonyl (C=O) groups excluding carboxylic acids is 1. The lowest BCUT2D eigenvalue weighted by atomic mass is 10.0. The smallest absolute Gasteiger partial charge is 0.248 e. The SMILES string of the molecule is COc1cc2ncnc(Nc3ccc(F)c(Cl)c3)c2cc1NC(=O)/C=C/CN1C[C@H]2CC(O)C[C@H]2C1. The fourth-order valence-corrected chi connectivity index (χ4v) is 5.34. The molecule has 3 atom stereocenters. The van der Waals surface area contributed by atoms with Crippen LogP contribution >= 0.6 is 11.6 Å². The van der Waals surface area contributed by atoms with E-state index in [0.29, 0.717) is 52.2 Å². The number of nitrogens with one attached hydrogen (secondary N) is 2. The maximum absolute atomic E-state index is 13.5. The lowest BCUT2D eigenvalue weighted by Gasteiger charge is -2.15. The molecular weight excluding hydrogens is 485 g/mol. The van der Waals surface area contributed by atoms with Gasteiger partial charge in [0.15, 0.2) is 0 Å². The van der Waals surface area contributed by atoms with Crippen LogP contribution in [0.2, 0.25) is 5.02 Å². The quantitative estimate of drug-likeness (QED) is 0.405. The first-order chi connectivity index (χ1) is 17.4. The predicted molar refractivity (Wildman–Crippen MR) is 137 cm³/mol. The second-order valence-corrected chi connectivity index (χ2v) is 9.71. The molecule has 5 rings (SSSR count). The number of methoxy groups -OCH3 is 1. The minimum absolute atomic E-state index is 0.00509. The van der Waals surface area contributed by atoms with E-state index in [9.17, 15) is 14.3 Å². The van der Waals surface area contributed by atoms with Crippen LogP contribution in [0.3, 0.4) is 0 Å². The molecule has 2 aliphatic rings. The number of nitrogens with zero attached hydrogens (tertiary/aromatic N) is 3. The van der Waals surface area contributed by atoms with E-state index >= 15 is 0 Å². The zero-order chi connectivity index (χ0) is 25.2. The van der Waals surface area contributed by atoms with E-state index in [1.54, 1.807) is 18.2 Å². The Morgan fingerprint density at radius 2 is 2.03 bits per heavy atom. The molecule has 8 nitrogen and oxygen atoms in total. The molecule has 2 aromatic carbocycles. The van der Waals surface area contributed by atoms with Gasteiger partial charge in [0.2, 0.25) is 5.91 Å². The van der Waals surface area contributed by atoms with Crippen molar-refractivity contribution in [2.24, 2.45) is 11.8 Å². The number of hydrogen-bond acceptors (Lipinski definition) is 7. The fraction of sp³-hybridized carbons (Fsp3) is 0.346. The van der Waals surface area contributed by atoms with Crippen LogP contribution in [0.5, 0.6) is 5.75 Å². The number of aliphatic hydroxyl groups is 1. The standard InChI is InChI=1S/C26H27ClFN5O3/c1-36-24-11-22-19(26(30-14-29-22)31-17-4-5-21(28)20(27)9-17)10-23(24)32-25(35)3-2-6-33-12-15-7-18(34)8-16(15)13-33/h2-5,9-11,14-16,18,34H,6-8,12-13H2,1H3,(H,32,35)(H,29,30,31)/b3-2+/t15-,16+,18?. The van der Waals surface area contributed by atoms with Crippen molar-refractivity contribution in [3.63, 3.8) is 0 Å². The molecule has 0 spiro atoms. The van der Waals surface area contributed by atoms with Crippen LogP contribution in [-0.4, -0.2) is 58.7 Å². The lowest BCUT2D eigenvalue weighted by Crippen LogP contribution is -2.23. The molecule has 0 bridgehead atoms. The Labute approximate surface area is 213 Å². The van der Waals surface area contributed by atoms with Gasteiger partial charge >= 0.3 is 0 Å². The van der Waals surface area contributed by atoms with E-state index in [1.165, 1.54) is 31.6 Å². The van der Waals surface area contributed by atoms with E-state index < -0.39 is 5.82 Å². The number of anilines is 3. The van der Waals surface area contributed by atoms with Gasteiger partial charge in [0.05, 0.1) is 29.4 Å². The number of fused-ring (bicyclic) bond motifs is 2. The second-order valence-electron chi connectivity index (χ2n) is 9.30. The summed E-state index contributed by atoms with van der Waals surface area (Å²) in [5.74, 6) is 1.26. The molecule has 188 valence electrons. The predicted octanol–water partition coefficient (Wildman–Crippen LogP) is 4.37. The van der Waals surface area contributed by atoms with Crippen molar-refractivity contribution in [2.75, 3.05) is 37.4 Å². The van der Waals surface area contributed by atoms with Crippen LogP contribution < -0.4 is 15.4 Å². The van der Waals surface area contributed by atoms with Gasteiger partial charge in [-0.05, 0) is 48.9 Å². The molecule has 1 aliphatic carbocycles. The summed E-state index contributed by atoms with van der Waals surface area (Å²) in [6.07, 6.45) is 6.38. The van der Waals surface area contributed by atoms with Crippen molar-refractivity contribution in [3.05, 3.63) is 59.7 Å². The van der Waals surface area contributed by atoms with Crippen molar-refractivity contribution in [2.45, 2.75) is 18.9 Å². The molecule has 1 amide bonds. The molecule has 1 saturated carbocycles. The Morgan fingerprint density at radius 3 is 2.75 bits per heavy atom. The topological polar surface area (TPSA) is 99.6 Å². The highest BCUT2D eigenvalue weighted by molar-refractivity contribution is 6.31. The third-order valence-corrected chi connectivity index (χ3v) is 7.12. The Bertz CT molecular complexity index is 1310. The van der Waals surface area contributed by atoms with E-state index in [-0.39, 0.29) is 17.0 Å². The normalized spacial score (nSPS) is 21.7. The first-order valence-corrected chi connectivity index (χ1v) is 12.2. The van der Waals surface area contributed by atoms with E-state index in [1.807, 2.05) is 6.08 Å². The van der Waals surface area contributed by atoms with Gasteiger partial charge in [-0.3, -0.25) is 9.69 Å². The van der Waals surface area contributed by atoms with Gasteiger partial charge in [0.1, 0.15) is 23.7 Å². The zero-order valence-corrected chi connectivity index (χ0v) is 20.5. The molecule has 1 saturated heterocycles. The van der Waals surface area contributed by atoms with Crippen LogP contribution in [0.15, 0.2) is 48.8 Å². The number of halogens is 2. The monoisotopic (exact) mass is 511 g/mol. The second kappa shape index (κ2) is 10.4. The molecule has 1 aromatic heterocycles. The Balaban J connectivity index is 1.29. The van der Waals surface area contributed by atoms with Crippen molar-refractivity contribution in [1.29, 1.82) is 0 Å². The van der Waals surface area contributed by atoms with E-state index in [4.69, 9.17) is 16.3 Å². The van der Waals surface area contributed by atoms with Crippen molar-refractivity contribution in [3.8, 4) is 5.75 Å². The highest BCUT2D eigenvalue weighted by Crippen LogP contribution is 2.38. The molecule has 36 heavy (non-hydrogen) atoms. The van der Waals surface area contributed by atoms with Gasteiger partial charge in [0.25, 0.3) is 0 Å². The average molecular weight is 512 g/mol. The summed E-state index contributed by atoms with van der Waals surface area (Å²) in [6, 6.07) is 7.75. The molecule has 0 radical (unpaired) electrons. The maximum Gasteiger partial charge on any atom is 0.248 e. The summed E-state index contributed by atoms with van der Waals surface area (Å²) < 4.78 is 19.0. The summed E-state index contributed by atoms with van der Waals surface area (Å²) in [7, 11) is 1.52. The van der Waals surface area contributed by atoms with Crippen LogP contribution in [0.25, 0.3) is 10.9 Å². The molecule has 3 N–H and O–H groups in total. The molecule has 3 aromatic rings. The van der Waals surface area contributed by atoms with Gasteiger partial charge in [-0.15, -0.1) is 0 Å². The lowest BCUT2D eigenvalue weighted by molar-refractivity contribution is -0.111. The maximum atomic E-state index is 13.5. The molecule has 2 heterocycles. The van der Waals surface area contributed by atoms with Crippen molar-refractivity contribution in [1.82, 2.24) is 14.9 Å². The number of likely N-dealkylation sites (tertiary alicyclic amines) is 1. The average Bonchev–Trinajstić information content (AvgIpc) is 3.38. The van der Waals surface area contributed by atoms with E-state index in [0.717, 1.165) is 25.9 Å². The number of benzene rings is 2. The number of aliphatic hydroxyl groups excluding tert-OH is 1. The summed E-state index contributed by atoms with van der Waals surface area (Å²) in [5, 5.41) is 16.4. The van der Waals surface area contributed by atoms with Crippen LogP contribution in [0.1, 0.15) is 12.8 Å². The third kappa shape index (κ3) is 5.28. The summed E-state index contributed by atoms with van der Waals surface area (Å²) in [6.45, 7) is 2.61. The Morgan fingerprint density at radius 1 is 1.25 bits per heavy atom. The molecule has 1 unspecified atom stereocenters. The van der Waals surface area contributed by atoms with Crippen LogP contribution in [0, 0.1) is 17.7 Å². The molecular formula is C26H27ClFN5O3. The minimum Gasteiger partial charge on any atom is -0.494 e. The molecule has 10 heteroatoms. The third-order valence-electron chi connectivity index (χ3n) is 6.83. The van der Waals surface area contributed by atoms with Crippen molar-refractivity contribution < 1.29 is 19.0 Å². The number of carbonyl (C=O) groups is 1. The summed E-state index contributed by atoms with van der Waals surface area (Å²) >= 11 is 5.90. The molecule has 2 fully saturated rings. The highest BCUT2D eigenvalue weighted by Gasteiger charge is 2.39. The highest BCUT2D eigenvalue weighted by atomic mass is 35.5. The number of rotatable bonds is 7. The number of ether oxygens (including phenoxy) is 1.